The molecule has 0 saturated heterocycles. The van der Waals surface area contributed by atoms with E-state index in [0.717, 1.165) is 39.7 Å². The fourth-order valence-electron chi connectivity index (χ4n) is 3.00. The largest absolute Gasteiger partial charge is 0.252 e. The summed E-state index contributed by atoms with van der Waals surface area (Å²) in [4.78, 5) is 14.4. The molecule has 1 heterocycles. The van der Waals surface area contributed by atoms with Crippen LogP contribution in [0.4, 0.5) is 11.4 Å². The van der Waals surface area contributed by atoms with Gasteiger partial charge in [-0.15, -0.1) is 0 Å². The first-order valence-corrected chi connectivity index (χ1v) is 9.15. The number of rotatable bonds is 4. The van der Waals surface area contributed by atoms with Gasteiger partial charge in [-0.3, -0.25) is 9.98 Å². The van der Waals surface area contributed by atoms with E-state index in [1.807, 2.05) is 44.2 Å². The van der Waals surface area contributed by atoms with E-state index in [2.05, 4.69) is 51.1 Å². The van der Waals surface area contributed by atoms with Crippen LogP contribution in [0.2, 0.25) is 0 Å². The average molecular weight is 355 g/mol. The van der Waals surface area contributed by atoms with Crippen LogP contribution in [0.3, 0.4) is 0 Å². The normalized spacial score (nSPS) is 12.3. The van der Waals surface area contributed by atoms with E-state index in [1.165, 1.54) is 11.1 Å². The third kappa shape index (κ3) is 4.56. The van der Waals surface area contributed by atoms with Gasteiger partial charge in [0.2, 0.25) is 0 Å². The zero-order chi connectivity index (χ0) is 19.4. The van der Waals surface area contributed by atoms with Crippen molar-refractivity contribution in [1.29, 1.82) is 0 Å². The summed E-state index contributed by atoms with van der Waals surface area (Å²) in [7, 11) is 0. The van der Waals surface area contributed by atoms with Crippen LogP contribution >= 0.6 is 0 Å². The highest BCUT2D eigenvalue weighted by atomic mass is 14.8. The van der Waals surface area contributed by atoms with Crippen LogP contribution in [0.5, 0.6) is 0 Å². The maximum Gasteiger partial charge on any atom is 0.0852 e. The van der Waals surface area contributed by atoms with E-state index in [4.69, 9.17) is 15.0 Å². The summed E-state index contributed by atoms with van der Waals surface area (Å²) in [5.41, 5.74) is 9.01. The molecule has 3 aromatic rings. The van der Waals surface area contributed by atoms with Crippen LogP contribution < -0.4 is 0 Å². The van der Waals surface area contributed by atoms with Crippen molar-refractivity contribution in [2.45, 2.75) is 34.6 Å². The molecule has 0 amide bonds. The second-order valence-corrected chi connectivity index (χ2v) is 6.89. The number of nitrogens with zero attached hydrogens (tertiary/aromatic N) is 3. The number of aliphatic imine (C=N–C) groups is 2. The minimum Gasteiger partial charge on any atom is -0.252 e. The van der Waals surface area contributed by atoms with Crippen molar-refractivity contribution in [3.63, 3.8) is 0 Å². The van der Waals surface area contributed by atoms with Crippen LogP contribution in [0, 0.1) is 20.8 Å². The molecule has 3 nitrogen and oxygen atoms in total. The number of aryl methyl sites for hydroxylation is 3. The van der Waals surface area contributed by atoms with Crippen molar-refractivity contribution in [3.05, 3.63) is 88.7 Å². The molecular formula is C24H25N3. The van der Waals surface area contributed by atoms with Gasteiger partial charge in [-0.2, -0.15) is 0 Å². The summed E-state index contributed by atoms with van der Waals surface area (Å²) in [5.74, 6) is 0. The number of pyridine rings is 1. The SMILES string of the molecule is CC(=Nc1ccccc1)c1cc(C)cc(C(C)=Nc2c(C)cccc2C)n1. The van der Waals surface area contributed by atoms with Gasteiger partial charge in [0, 0.05) is 0 Å². The molecule has 0 N–H and O–H groups in total. The molecule has 0 radical (unpaired) electrons. The molecule has 0 saturated carbocycles. The Morgan fingerprint density at radius 3 is 1.85 bits per heavy atom. The van der Waals surface area contributed by atoms with Crippen LogP contribution in [0.1, 0.15) is 41.9 Å². The lowest BCUT2D eigenvalue weighted by Crippen LogP contribution is -2.06. The highest BCUT2D eigenvalue weighted by Gasteiger charge is 2.08. The predicted octanol–water partition coefficient (Wildman–Crippen LogP) is 6.29. The first-order chi connectivity index (χ1) is 12.9. The number of para-hydroxylation sites is 2. The van der Waals surface area contributed by atoms with Gasteiger partial charge in [-0.05, 0) is 75.6 Å². The lowest BCUT2D eigenvalue weighted by atomic mass is 10.1. The zero-order valence-electron chi connectivity index (χ0n) is 16.6. The molecule has 3 heteroatoms. The Balaban J connectivity index is 2.00. The highest BCUT2D eigenvalue weighted by molar-refractivity contribution is 6.02. The molecule has 0 bridgehead atoms. The van der Waals surface area contributed by atoms with Gasteiger partial charge in [0.25, 0.3) is 0 Å². The smallest absolute Gasteiger partial charge is 0.0852 e. The van der Waals surface area contributed by atoms with Crippen molar-refractivity contribution in [2.75, 3.05) is 0 Å². The van der Waals surface area contributed by atoms with E-state index in [0.29, 0.717) is 0 Å². The molecule has 1 aromatic heterocycles. The molecule has 136 valence electrons. The standard InChI is InChI=1S/C24H25N3/c1-16-14-22(19(4)25-21-12-7-6-8-13-21)27-23(15-16)20(5)26-24-17(2)10-9-11-18(24)3/h6-15H,1-5H3. The van der Waals surface area contributed by atoms with E-state index in [1.54, 1.807) is 0 Å². The maximum atomic E-state index is 4.87. The molecule has 0 unspecified atom stereocenters. The second kappa shape index (κ2) is 8.09. The number of aromatic nitrogens is 1. The van der Waals surface area contributed by atoms with Crippen molar-refractivity contribution in [1.82, 2.24) is 4.98 Å². The van der Waals surface area contributed by atoms with Crippen molar-refractivity contribution in [3.8, 4) is 0 Å². The Labute approximate surface area is 161 Å². The molecule has 0 fully saturated rings. The quantitative estimate of drug-likeness (QED) is 0.507. The first kappa shape index (κ1) is 18.7. The monoisotopic (exact) mass is 355 g/mol. The van der Waals surface area contributed by atoms with Crippen LogP contribution in [0.15, 0.2) is 70.6 Å². The zero-order valence-corrected chi connectivity index (χ0v) is 16.6. The maximum absolute atomic E-state index is 4.87. The summed E-state index contributed by atoms with van der Waals surface area (Å²) >= 11 is 0. The average Bonchev–Trinajstić information content (AvgIpc) is 2.65. The van der Waals surface area contributed by atoms with Crippen LogP contribution in [-0.4, -0.2) is 16.4 Å². The Kier molecular flexibility index (Phi) is 5.60. The van der Waals surface area contributed by atoms with Crippen molar-refractivity contribution in [2.24, 2.45) is 9.98 Å². The summed E-state index contributed by atoms with van der Waals surface area (Å²) in [6, 6.07) is 20.3. The molecular weight excluding hydrogens is 330 g/mol. The first-order valence-electron chi connectivity index (χ1n) is 9.15. The van der Waals surface area contributed by atoms with Crippen LogP contribution in [0.25, 0.3) is 0 Å². The fraction of sp³-hybridized carbons (Fsp3) is 0.208. The van der Waals surface area contributed by atoms with E-state index >= 15 is 0 Å². The van der Waals surface area contributed by atoms with E-state index in [-0.39, 0.29) is 0 Å². The minimum absolute atomic E-state index is 0.880. The second-order valence-electron chi connectivity index (χ2n) is 6.89. The van der Waals surface area contributed by atoms with Gasteiger partial charge < -0.3 is 0 Å². The van der Waals surface area contributed by atoms with Gasteiger partial charge in [0.1, 0.15) is 0 Å². The Hall–Kier alpha value is -3.07. The third-order valence-electron chi connectivity index (χ3n) is 4.48. The lowest BCUT2D eigenvalue weighted by molar-refractivity contribution is 1.21. The molecule has 3 rings (SSSR count). The summed E-state index contributed by atoms with van der Waals surface area (Å²) in [6.07, 6.45) is 0. The summed E-state index contributed by atoms with van der Waals surface area (Å²) in [5, 5.41) is 0. The van der Waals surface area contributed by atoms with Gasteiger partial charge in [-0.25, -0.2) is 4.98 Å². The molecule has 2 aromatic carbocycles. The fourth-order valence-corrected chi connectivity index (χ4v) is 3.00. The van der Waals surface area contributed by atoms with Gasteiger partial charge in [0.05, 0.1) is 34.2 Å². The minimum atomic E-state index is 0.880. The number of hydrogen-bond acceptors (Lipinski definition) is 3. The van der Waals surface area contributed by atoms with Gasteiger partial charge >= 0.3 is 0 Å². The van der Waals surface area contributed by atoms with E-state index in [9.17, 15) is 0 Å². The molecule has 0 aliphatic rings. The molecule has 0 aliphatic carbocycles. The topological polar surface area (TPSA) is 37.6 Å². The Bertz CT molecular complexity index is 995. The van der Waals surface area contributed by atoms with E-state index < -0.39 is 0 Å². The number of hydrogen-bond donors (Lipinski definition) is 0. The third-order valence-corrected chi connectivity index (χ3v) is 4.48. The van der Waals surface area contributed by atoms with Gasteiger partial charge in [-0.1, -0.05) is 36.4 Å². The number of benzene rings is 2. The highest BCUT2D eigenvalue weighted by Crippen LogP contribution is 2.24. The Morgan fingerprint density at radius 2 is 1.26 bits per heavy atom. The van der Waals surface area contributed by atoms with Crippen LogP contribution in [-0.2, 0) is 0 Å². The summed E-state index contributed by atoms with van der Waals surface area (Å²) in [6.45, 7) is 10.3. The molecule has 0 spiro atoms. The Morgan fingerprint density at radius 1 is 0.704 bits per heavy atom. The lowest BCUT2D eigenvalue weighted by Gasteiger charge is -2.09. The molecule has 27 heavy (non-hydrogen) atoms. The molecule has 0 aliphatic heterocycles. The van der Waals surface area contributed by atoms with Crippen molar-refractivity contribution >= 4 is 22.8 Å². The predicted molar refractivity (Wildman–Crippen MR) is 115 cm³/mol. The molecule has 0 atom stereocenters. The van der Waals surface area contributed by atoms with Gasteiger partial charge in [0.15, 0.2) is 0 Å². The summed E-state index contributed by atoms with van der Waals surface area (Å²) < 4.78 is 0. The van der Waals surface area contributed by atoms with Crippen molar-refractivity contribution < 1.29 is 0 Å².